The fraction of sp³-hybridized carbons (Fsp3) is 1.00. The minimum Gasteiger partial charge on any atom is -0.330 e. The van der Waals surface area contributed by atoms with Gasteiger partial charge >= 0.3 is 0 Å². The van der Waals surface area contributed by atoms with Gasteiger partial charge in [0.25, 0.3) is 0 Å². The number of hydrogen-bond donors (Lipinski definition) is 1. The maximum atomic E-state index is 5.70. The third-order valence-electron chi connectivity index (χ3n) is 2.70. The molecule has 2 heteroatoms. The van der Waals surface area contributed by atoms with Crippen LogP contribution in [-0.2, 0) is 0 Å². The van der Waals surface area contributed by atoms with Crippen LogP contribution in [0.5, 0.6) is 0 Å². The summed E-state index contributed by atoms with van der Waals surface area (Å²) in [7, 11) is 0. The predicted octanol–water partition coefficient (Wildman–Crippen LogP) is 1.31. The second-order valence-corrected chi connectivity index (χ2v) is 4.20. The molecule has 2 N–H and O–H groups in total. The van der Waals surface area contributed by atoms with Crippen LogP contribution >= 0.6 is 0 Å². The van der Waals surface area contributed by atoms with Gasteiger partial charge in [0, 0.05) is 13.1 Å². The molecule has 12 heavy (non-hydrogen) atoms. The van der Waals surface area contributed by atoms with Crippen LogP contribution in [0.3, 0.4) is 0 Å². The molecule has 0 bridgehead atoms. The minimum absolute atomic E-state index is 0.750. The number of likely N-dealkylation sites (tertiary alicyclic amines) is 1. The maximum Gasteiger partial charge on any atom is 0.00219 e. The molecule has 1 rings (SSSR count). The first-order chi connectivity index (χ1) is 5.76. The molecule has 1 fully saturated rings. The van der Waals surface area contributed by atoms with Crippen molar-refractivity contribution in [3.05, 3.63) is 0 Å². The SMILES string of the molecule is CCCN1CC(C)CC(CN)C1. The lowest BCUT2D eigenvalue weighted by molar-refractivity contribution is 0.136. The van der Waals surface area contributed by atoms with Crippen LogP contribution in [0.1, 0.15) is 26.7 Å². The van der Waals surface area contributed by atoms with Gasteiger partial charge < -0.3 is 10.6 Å². The quantitative estimate of drug-likeness (QED) is 0.692. The van der Waals surface area contributed by atoms with Crippen molar-refractivity contribution in [2.45, 2.75) is 26.7 Å². The number of nitrogens with two attached hydrogens (primary N) is 1. The summed E-state index contributed by atoms with van der Waals surface area (Å²) in [5.74, 6) is 1.60. The Balaban J connectivity index is 2.34. The molecule has 1 aliphatic heterocycles. The van der Waals surface area contributed by atoms with Gasteiger partial charge in [0.1, 0.15) is 0 Å². The van der Waals surface area contributed by atoms with Gasteiger partial charge in [0.05, 0.1) is 0 Å². The summed E-state index contributed by atoms with van der Waals surface area (Å²) in [4.78, 5) is 2.56. The number of nitrogens with zero attached hydrogens (tertiary/aromatic N) is 1. The molecule has 2 nitrogen and oxygen atoms in total. The smallest absolute Gasteiger partial charge is 0.00219 e. The molecule has 0 aromatic rings. The molecule has 0 radical (unpaired) electrons. The summed E-state index contributed by atoms with van der Waals surface area (Å²) in [6.07, 6.45) is 2.60. The Kier molecular flexibility index (Phi) is 4.02. The van der Waals surface area contributed by atoms with Crippen molar-refractivity contribution in [1.29, 1.82) is 0 Å². The van der Waals surface area contributed by atoms with Crippen LogP contribution in [0, 0.1) is 11.8 Å². The summed E-state index contributed by atoms with van der Waals surface area (Å²) in [5, 5.41) is 0. The van der Waals surface area contributed by atoms with E-state index >= 15 is 0 Å². The number of hydrogen-bond acceptors (Lipinski definition) is 2. The molecule has 0 amide bonds. The van der Waals surface area contributed by atoms with Crippen LogP contribution < -0.4 is 5.73 Å². The second kappa shape index (κ2) is 4.83. The lowest BCUT2D eigenvalue weighted by Crippen LogP contribution is -2.42. The molecule has 72 valence electrons. The third kappa shape index (κ3) is 2.76. The Morgan fingerprint density at radius 2 is 2.17 bits per heavy atom. The largest absolute Gasteiger partial charge is 0.330 e. The molecule has 1 saturated heterocycles. The van der Waals surface area contributed by atoms with E-state index in [1.165, 1.54) is 32.5 Å². The van der Waals surface area contributed by atoms with Gasteiger partial charge in [-0.25, -0.2) is 0 Å². The first-order valence-electron chi connectivity index (χ1n) is 5.18. The van der Waals surface area contributed by atoms with Gasteiger partial charge in [-0.3, -0.25) is 0 Å². The van der Waals surface area contributed by atoms with E-state index in [4.69, 9.17) is 5.73 Å². The molecular formula is C10H22N2. The van der Waals surface area contributed by atoms with Crippen LogP contribution in [-0.4, -0.2) is 31.1 Å². The first kappa shape index (κ1) is 10.0. The fourth-order valence-corrected chi connectivity index (χ4v) is 2.27. The molecule has 0 saturated carbocycles. The van der Waals surface area contributed by atoms with E-state index in [-0.39, 0.29) is 0 Å². The highest BCUT2D eigenvalue weighted by atomic mass is 15.1. The zero-order valence-corrected chi connectivity index (χ0v) is 8.42. The highest BCUT2D eigenvalue weighted by Crippen LogP contribution is 2.20. The molecule has 1 heterocycles. The lowest BCUT2D eigenvalue weighted by Gasteiger charge is -2.35. The highest BCUT2D eigenvalue weighted by Gasteiger charge is 2.22. The van der Waals surface area contributed by atoms with Crippen LogP contribution in [0.25, 0.3) is 0 Å². The summed E-state index contributed by atoms with van der Waals surface area (Å²) in [6.45, 7) is 9.21. The molecule has 2 unspecified atom stereocenters. The molecule has 0 aromatic carbocycles. The van der Waals surface area contributed by atoms with E-state index in [9.17, 15) is 0 Å². The average molecular weight is 170 g/mol. The first-order valence-corrected chi connectivity index (χ1v) is 5.18. The molecule has 2 atom stereocenters. The molecule has 0 aliphatic carbocycles. The zero-order valence-electron chi connectivity index (χ0n) is 8.42. The standard InChI is InChI=1S/C10H22N2/c1-3-4-12-7-9(2)5-10(6-11)8-12/h9-10H,3-8,11H2,1-2H3. The summed E-state index contributed by atoms with van der Waals surface area (Å²) >= 11 is 0. The Morgan fingerprint density at radius 1 is 1.42 bits per heavy atom. The minimum atomic E-state index is 0.750. The predicted molar refractivity (Wildman–Crippen MR) is 53.1 cm³/mol. The van der Waals surface area contributed by atoms with Crippen LogP contribution in [0.15, 0.2) is 0 Å². The van der Waals surface area contributed by atoms with Crippen molar-refractivity contribution in [2.75, 3.05) is 26.2 Å². The van der Waals surface area contributed by atoms with E-state index in [0.29, 0.717) is 0 Å². The molecule has 0 aromatic heterocycles. The van der Waals surface area contributed by atoms with E-state index in [1.54, 1.807) is 0 Å². The number of piperidine rings is 1. The molecule has 1 aliphatic rings. The number of rotatable bonds is 3. The summed E-state index contributed by atoms with van der Waals surface area (Å²) in [6, 6.07) is 0. The van der Waals surface area contributed by atoms with E-state index in [0.717, 1.165) is 18.4 Å². The van der Waals surface area contributed by atoms with Crippen molar-refractivity contribution in [3.63, 3.8) is 0 Å². The van der Waals surface area contributed by atoms with Gasteiger partial charge in [0.2, 0.25) is 0 Å². The van der Waals surface area contributed by atoms with Crippen molar-refractivity contribution in [2.24, 2.45) is 17.6 Å². The molecule has 0 spiro atoms. The van der Waals surface area contributed by atoms with Crippen LogP contribution in [0.2, 0.25) is 0 Å². The summed E-state index contributed by atoms with van der Waals surface area (Å²) < 4.78 is 0. The Bertz CT molecular complexity index is 125. The van der Waals surface area contributed by atoms with Crippen molar-refractivity contribution in [3.8, 4) is 0 Å². The molecular weight excluding hydrogens is 148 g/mol. The highest BCUT2D eigenvalue weighted by molar-refractivity contribution is 4.77. The Morgan fingerprint density at radius 3 is 2.75 bits per heavy atom. The zero-order chi connectivity index (χ0) is 8.97. The normalized spacial score (nSPS) is 32.2. The van der Waals surface area contributed by atoms with Crippen molar-refractivity contribution in [1.82, 2.24) is 4.90 Å². The fourth-order valence-electron chi connectivity index (χ4n) is 2.27. The average Bonchev–Trinajstić information content (AvgIpc) is 2.04. The van der Waals surface area contributed by atoms with E-state index < -0.39 is 0 Å². The van der Waals surface area contributed by atoms with Gasteiger partial charge in [-0.15, -0.1) is 0 Å². The second-order valence-electron chi connectivity index (χ2n) is 4.20. The van der Waals surface area contributed by atoms with Gasteiger partial charge in [-0.2, -0.15) is 0 Å². The lowest BCUT2D eigenvalue weighted by atomic mass is 9.90. The Hall–Kier alpha value is -0.0800. The third-order valence-corrected chi connectivity index (χ3v) is 2.70. The van der Waals surface area contributed by atoms with Gasteiger partial charge in [0.15, 0.2) is 0 Å². The van der Waals surface area contributed by atoms with Crippen molar-refractivity contribution >= 4 is 0 Å². The monoisotopic (exact) mass is 170 g/mol. The van der Waals surface area contributed by atoms with Gasteiger partial charge in [-0.05, 0) is 37.8 Å². The maximum absolute atomic E-state index is 5.70. The van der Waals surface area contributed by atoms with Crippen LogP contribution in [0.4, 0.5) is 0 Å². The van der Waals surface area contributed by atoms with Crippen molar-refractivity contribution < 1.29 is 0 Å². The van der Waals surface area contributed by atoms with E-state index in [1.807, 2.05) is 0 Å². The topological polar surface area (TPSA) is 29.3 Å². The summed E-state index contributed by atoms with van der Waals surface area (Å²) in [5.41, 5.74) is 5.70. The van der Waals surface area contributed by atoms with E-state index in [2.05, 4.69) is 18.7 Å². The Labute approximate surface area is 76.1 Å². The van der Waals surface area contributed by atoms with Gasteiger partial charge in [-0.1, -0.05) is 13.8 Å².